The average Bonchev–Trinajstić information content (AvgIpc) is 2.95. The SMILES string of the molecule is CC1(CNC(=O)C2(C(N)=S)CC2)CCCO1. The lowest BCUT2D eigenvalue weighted by molar-refractivity contribution is -0.125. The molecular formula is C11H18N2O2S. The van der Waals surface area contributed by atoms with Crippen LogP contribution in [0.15, 0.2) is 0 Å². The molecule has 0 spiro atoms. The van der Waals surface area contributed by atoms with E-state index in [-0.39, 0.29) is 11.5 Å². The van der Waals surface area contributed by atoms with E-state index in [1.165, 1.54) is 0 Å². The minimum atomic E-state index is -0.551. The fourth-order valence-corrected chi connectivity index (χ4v) is 2.42. The van der Waals surface area contributed by atoms with Crippen molar-refractivity contribution in [2.24, 2.45) is 11.1 Å². The van der Waals surface area contributed by atoms with Gasteiger partial charge in [0.1, 0.15) is 0 Å². The fraction of sp³-hybridized carbons (Fsp3) is 0.818. The minimum Gasteiger partial charge on any atom is -0.392 e. The van der Waals surface area contributed by atoms with E-state index in [1.54, 1.807) is 0 Å². The Bertz CT molecular complexity index is 320. The summed E-state index contributed by atoms with van der Waals surface area (Å²) in [6, 6.07) is 0. The third-order valence-corrected chi connectivity index (χ3v) is 3.97. The van der Waals surface area contributed by atoms with Gasteiger partial charge in [-0.25, -0.2) is 0 Å². The van der Waals surface area contributed by atoms with Crippen molar-refractivity contribution in [3.8, 4) is 0 Å². The molecule has 2 aliphatic rings. The van der Waals surface area contributed by atoms with E-state index < -0.39 is 5.41 Å². The van der Waals surface area contributed by atoms with Gasteiger partial charge in [0.15, 0.2) is 0 Å². The molecule has 3 N–H and O–H groups in total. The van der Waals surface area contributed by atoms with Crippen LogP contribution in [0, 0.1) is 5.41 Å². The highest BCUT2D eigenvalue weighted by molar-refractivity contribution is 7.80. The van der Waals surface area contributed by atoms with Gasteiger partial charge in [0.25, 0.3) is 0 Å². The molecular weight excluding hydrogens is 224 g/mol. The van der Waals surface area contributed by atoms with Crippen LogP contribution >= 0.6 is 12.2 Å². The normalized spacial score (nSPS) is 31.1. The molecule has 0 aromatic carbocycles. The number of hydrogen-bond donors (Lipinski definition) is 2. The monoisotopic (exact) mass is 242 g/mol. The quantitative estimate of drug-likeness (QED) is 0.714. The van der Waals surface area contributed by atoms with Crippen LogP contribution in [0.1, 0.15) is 32.6 Å². The van der Waals surface area contributed by atoms with E-state index in [1.807, 2.05) is 6.92 Å². The van der Waals surface area contributed by atoms with Crippen molar-refractivity contribution in [1.29, 1.82) is 0 Å². The molecule has 0 aromatic rings. The molecule has 1 atom stereocenters. The zero-order chi connectivity index (χ0) is 11.8. The maximum absolute atomic E-state index is 11.9. The number of carbonyl (C=O) groups excluding carboxylic acids is 1. The zero-order valence-corrected chi connectivity index (χ0v) is 10.4. The highest BCUT2D eigenvalue weighted by Gasteiger charge is 2.53. The summed E-state index contributed by atoms with van der Waals surface area (Å²) < 4.78 is 5.61. The number of nitrogens with one attached hydrogen (secondary N) is 1. The number of nitrogens with two attached hydrogens (primary N) is 1. The Labute approximate surface area is 101 Å². The second-order valence-electron chi connectivity index (χ2n) is 5.03. The molecule has 1 saturated carbocycles. The molecule has 1 amide bonds. The van der Waals surface area contributed by atoms with E-state index >= 15 is 0 Å². The van der Waals surface area contributed by atoms with E-state index in [0.29, 0.717) is 11.5 Å². The third-order valence-electron chi connectivity index (χ3n) is 3.58. The van der Waals surface area contributed by atoms with Gasteiger partial charge >= 0.3 is 0 Å². The summed E-state index contributed by atoms with van der Waals surface area (Å²) in [5.41, 5.74) is 4.83. The van der Waals surface area contributed by atoms with Crippen molar-refractivity contribution in [3.63, 3.8) is 0 Å². The Morgan fingerprint density at radius 1 is 1.50 bits per heavy atom. The van der Waals surface area contributed by atoms with Crippen molar-refractivity contribution in [3.05, 3.63) is 0 Å². The standard InChI is InChI=1S/C11H18N2O2S/c1-10(3-2-6-15-10)7-13-9(14)11(4-5-11)8(12)16/h2-7H2,1H3,(H2,12,16)(H,13,14). The summed E-state index contributed by atoms with van der Waals surface area (Å²) >= 11 is 4.93. The molecule has 16 heavy (non-hydrogen) atoms. The fourth-order valence-electron chi connectivity index (χ4n) is 2.12. The maximum Gasteiger partial charge on any atom is 0.233 e. The molecule has 0 radical (unpaired) electrons. The first-order valence-electron chi connectivity index (χ1n) is 5.71. The van der Waals surface area contributed by atoms with Crippen LogP contribution in [0.4, 0.5) is 0 Å². The van der Waals surface area contributed by atoms with Gasteiger partial charge in [-0.1, -0.05) is 12.2 Å². The third kappa shape index (κ3) is 2.06. The lowest BCUT2D eigenvalue weighted by Crippen LogP contribution is -2.46. The molecule has 1 aliphatic carbocycles. The zero-order valence-electron chi connectivity index (χ0n) is 9.54. The molecule has 2 rings (SSSR count). The van der Waals surface area contributed by atoms with Gasteiger partial charge in [0.2, 0.25) is 5.91 Å². The number of carbonyl (C=O) groups is 1. The molecule has 1 saturated heterocycles. The summed E-state index contributed by atoms with van der Waals surface area (Å²) in [4.78, 5) is 12.3. The second-order valence-corrected chi connectivity index (χ2v) is 5.47. The predicted molar refractivity (Wildman–Crippen MR) is 65.1 cm³/mol. The van der Waals surface area contributed by atoms with E-state index in [0.717, 1.165) is 32.3 Å². The summed E-state index contributed by atoms with van der Waals surface area (Å²) in [5, 5.41) is 2.92. The Kier molecular flexibility index (Phi) is 2.92. The number of ether oxygens (including phenoxy) is 1. The van der Waals surface area contributed by atoms with Crippen molar-refractivity contribution in [2.45, 2.75) is 38.2 Å². The molecule has 1 unspecified atom stereocenters. The van der Waals surface area contributed by atoms with Crippen LogP contribution in [0.2, 0.25) is 0 Å². The first-order valence-corrected chi connectivity index (χ1v) is 6.12. The van der Waals surface area contributed by atoms with Gasteiger partial charge in [0.05, 0.1) is 16.0 Å². The summed E-state index contributed by atoms with van der Waals surface area (Å²) in [6.45, 7) is 3.36. The number of thiocarbonyl (C=S) groups is 1. The Morgan fingerprint density at radius 3 is 2.62 bits per heavy atom. The second kappa shape index (κ2) is 3.96. The van der Waals surface area contributed by atoms with Crippen molar-refractivity contribution >= 4 is 23.1 Å². The topological polar surface area (TPSA) is 64.4 Å². The Hall–Kier alpha value is -0.680. The van der Waals surface area contributed by atoms with Gasteiger partial charge in [-0.05, 0) is 32.6 Å². The molecule has 0 aromatic heterocycles. The van der Waals surface area contributed by atoms with E-state index in [4.69, 9.17) is 22.7 Å². The smallest absolute Gasteiger partial charge is 0.233 e. The van der Waals surface area contributed by atoms with Crippen LogP contribution in [0.25, 0.3) is 0 Å². The highest BCUT2D eigenvalue weighted by atomic mass is 32.1. The largest absolute Gasteiger partial charge is 0.392 e. The number of rotatable bonds is 4. The predicted octanol–water partition coefficient (Wildman–Crippen LogP) is 0.738. The van der Waals surface area contributed by atoms with Crippen LogP contribution in [0.5, 0.6) is 0 Å². The lowest BCUT2D eigenvalue weighted by Gasteiger charge is -2.24. The van der Waals surface area contributed by atoms with Gasteiger partial charge in [-0.15, -0.1) is 0 Å². The van der Waals surface area contributed by atoms with Crippen molar-refractivity contribution in [1.82, 2.24) is 5.32 Å². The van der Waals surface area contributed by atoms with E-state index in [9.17, 15) is 4.79 Å². The molecule has 4 nitrogen and oxygen atoms in total. The average molecular weight is 242 g/mol. The molecule has 90 valence electrons. The van der Waals surface area contributed by atoms with Crippen LogP contribution in [-0.2, 0) is 9.53 Å². The van der Waals surface area contributed by atoms with Gasteiger partial charge in [-0.2, -0.15) is 0 Å². The van der Waals surface area contributed by atoms with Crippen LogP contribution in [0.3, 0.4) is 0 Å². The Balaban J connectivity index is 1.87. The van der Waals surface area contributed by atoms with Crippen LogP contribution < -0.4 is 11.1 Å². The molecule has 2 fully saturated rings. The molecule has 1 aliphatic heterocycles. The van der Waals surface area contributed by atoms with Gasteiger partial charge in [0, 0.05) is 13.2 Å². The highest BCUT2D eigenvalue weighted by Crippen LogP contribution is 2.46. The van der Waals surface area contributed by atoms with Crippen molar-refractivity contribution < 1.29 is 9.53 Å². The number of amides is 1. The van der Waals surface area contributed by atoms with Crippen molar-refractivity contribution in [2.75, 3.05) is 13.2 Å². The van der Waals surface area contributed by atoms with Gasteiger partial charge < -0.3 is 15.8 Å². The maximum atomic E-state index is 11.9. The minimum absolute atomic E-state index is 0.0308. The van der Waals surface area contributed by atoms with Gasteiger partial charge in [-0.3, -0.25) is 4.79 Å². The van der Waals surface area contributed by atoms with E-state index in [2.05, 4.69) is 5.32 Å². The first kappa shape index (κ1) is 11.8. The van der Waals surface area contributed by atoms with Crippen LogP contribution in [-0.4, -0.2) is 29.6 Å². The Morgan fingerprint density at radius 2 is 2.19 bits per heavy atom. The molecule has 0 bridgehead atoms. The first-order chi connectivity index (χ1) is 7.49. The number of hydrogen-bond acceptors (Lipinski definition) is 3. The molecule has 1 heterocycles. The summed E-state index contributed by atoms with van der Waals surface area (Å²) in [7, 11) is 0. The summed E-state index contributed by atoms with van der Waals surface area (Å²) in [6.07, 6.45) is 3.62. The molecule has 5 heteroatoms. The lowest BCUT2D eigenvalue weighted by atomic mass is 10.0. The summed E-state index contributed by atoms with van der Waals surface area (Å²) in [5.74, 6) is -0.0308.